The Morgan fingerprint density at radius 3 is 2.69 bits per heavy atom. The smallest absolute Gasteiger partial charge is 0.0465 e. The van der Waals surface area contributed by atoms with Crippen LogP contribution in [0.3, 0.4) is 0 Å². The van der Waals surface area contributed by atoms with Crippen molar-refractivity contribution in [1.82, 2.24) is 5.32 Å². The molecule has 0 aliphatic heterocycles. The van der Waals surface area contributed by atoms with Gasteiger partial charge in [0.05, 0.1) is 0 Å². The molecule has 0 aromatic heterocycles. The number of ether oxygens (including phenoxy) is 1. The SMILES string of the molecule is CNC(C(C)CCOC)C1CCCC(C)C1. The Morgan fingerprint density at radius 1 is 1.38 bits per heavy atom. The fourth-order valence-corrected chi connectivity index (χ4v) is 3.28. The lowest BCUT2D eigenvalue weighted by Crippen LogP contribution is -2.41. The highest BCUT2D eigenvalue weighted by molar-refractivity contribution is 4.84. The van der Waals surface area contributed by atoms with Crippen LogP contribution in [0.15, 0.2) is 0 Å². The first kappa shape index (κ1) is 14.0. The average molecular weight is 227 g/mol. The van der Waals surface area contributed by atoms with Crippen LogP contribution in [-0.4, -0.2) is 26.8 Å². The molecule has 0 bridgehead atoms. The van der Waals surface area contributed by atoms with E-state index in [4.69, 9.17) is 4.74 Å². The van der Waals surface area contributed by atoms with E-state index in [0.29, 0.717) is 6.04 Å². The van der Waals surface area contributed by atoms with E-state index in [0.717, 1.165) is 24.4 Å². The zero-order valence-corrected chi connectivity index (χ0v) is 11.5. The minimum absolute atomic E-state index is 0.679. The normalized spacial score (nSPS) is 30.0. The lowest BCUT2D eigenvalue weighted by molar-refractivity contribution is 0.141. The van der Waals surface area contributed by atoms with Crippen LogP contribution in [0.25, 0.3) is 0 Å². The van der Waals surface area contributed by atoms with E-state index in [1.54, 1.807) is 7.11 Å². The lowest BCUT2D eigenvalue weighted by Gasteiger charge is -2.36. The molecule has 2 heteroatoms. The molecule has 0 heterocycles. The number of hydrogen-bond donors (Lipinski definition) is 1. The number of hydrogen-bond acceptors (Lipinski definition) is 2. The van der Waals surface area contributed by atoms with Gasteiger partial charge in [-0.1, -0.05) is 26.7 Å². The van der Waals surface area contributed by atoms with E-state index < -0.39 is 0 Å². The predicted octanol–water partition coefficient (Wildman–Crippen LogP) is 3.07. The Bertz CT molecular complexity index is 184. The topological polar surface area (TPSA) is 21.3 Å². The van der Waals surface area contributed by atoms with Crippen LogP contribution >= 0.6 is 0 Å². The van der Waals surface area contributed by atoms with Crippen LogP contribution < -0.4 is 5.32 Å². The summed E-state index contributed by atoms with van der Waals surface area (Å²) in [6.45, 7) is 5.65. The van der Waals surface area contributed by atoms with Crippen molar-refractivity contribution in [2.24, 2.45) is 17.8 Å². The quantitative estimate of drug-likeness (QED) is 0.753. The summed E-state index contributed by atoms with van der Waals surface area (Å²) in [6, 6.07) is 0.679. The van der Waals surface area contributed by atoms with E-state index in [2.05, 4.69) is 26.2 Å². The molecule has 0 saturated heterocycles. The molecule has 0 spiro atoms. The van der Waals surface area contributed by atoms with Gasteiger partial charge in [0.2, 0.25) is 0 Å². The molecule has 0 aromatic rings. The molecule has 16 heavy (non-hydrogen) atoms. The minimum Gasteiger partial charge on any atom is -0.385 e. The van der Waals surface area contributed by atoms with Gasteiger partial charge in [-0.05, 0) is 44.1 Å². The van der Waals surface area contributed by atoms with Crippen molar-refractivity contribution in [3.8, 4) is 0 Å². The van der Waals surface area contributed by atoms with Crippen molar-refractivity contribution < 1.29 is 4.74 Å². The van der Waals surface area contributed by atoms with Crippen LogP contribution in [0.5, 0.6) is 0 Å². The summed E-state index contributed by atoms with van der Waals surface area (Å²) in [7, 11) is 3.91. The highest BCUT2D eigenvalue weighted by Crippen LogP contribution is 2.33. The zero-order valence-electron chi connectivity index (χ0n) is 11.5. The van der Waals surface area contributed by atoms with Crippen molar-refractivity contribution in [1.29, 1.82) is 0 Å². The van der Waals surface area contributed by atoms with Gasteiger partial charge in [-0.15, -0.1) is 0 Å². The largest absolute Gasteiger partial charge is 0.385 e. The second-order valence-electron chi connectivity index (χ2n) is 5.61. The third kappa shape index (κ3) is 4.06. The van der Waals surface area contributed by atoms with Crippen LogP contribution in [0.4, 0.5) is 0 Å². The summed E-state index contributed by atoms with van der Waals surface area (Å²) in [6.07, 6.45) is 6.84. The minimum atomic E-state index is 0.679. The third-order valence-electron chi connectivity index (χ3n) is 4.21. The molecule has 0 amide bonds. The molecule has 0 radical (unpaired) electrons. The highest BCUT2D eigenvalue weighted by Gasteiger charge is 2.28. The Balaban J connectivity index is 2.44. The van der Waals surface area contributed by atoms with Gasteiger partial charge in [0.25, 0.3) is 0 Å². The van der Waals surface area contributed by atoms with Crippen molar-refractivity contribution in [3.63, 3.8) is 0 Å². The molecule has 1 aliphatic carbocycles. The van der Waals surface area contributed by atoms with E-state index in [1.165, 1.54) is 32.1 Å². The standard InChI is InChI=1S/C14H29NO/c1-11-6-5-7-13(10-11)14(15-3)12(2)8-9-16-4/h11-15H,5-10H2,1-4H3. The fraction of sp³-hybridized carbons (Fsp3) is 1.00. The molecule has 96 valence electrons. The summed E-state index contributed by atoms with van der Waals surface area (Å²) in [5, 5.41) is 3.55. The maximum atomic E-state index is 5.19. The Labute approximate surface area is 101 Å². The second-order valence-corrected chi connectivity index (χ2v) is 5.61. The molecular formula is C14H29NO. The van der Waals surface area contributed by atoms with E-state index in [9.17, 15) is 0 Å². The Hall–Kier alpha value is -0.0800. The number of methoxy groups -OCH3 is 1. The Kier molecular flexibility index (Phi) is 6.37. The molecule has 1 rings (SSSR count). The lowest BCUT2D eigenvalue weighted by atomic mass is 9.75. The molecular weight excluding hydrogens is 198 g/mol. The van der Waals surface area contributed by atoms with Gasteiger partial charge in [0, 0.05) is 19.8 Å². The molecule has 1 aliphatic rings. The second kappa shape index (κ2) is 7.29. The van der Waals surface area contributed by atoms with Gasteiger partial charge in [0.15, 0.2) is 0 Å². The van der Waals surface area contributed by atoms with Gasteiger partial charge < -0.3 is 10.1 Å². The number of nitrogens with one attached hydrogen (secondary N) is 1. The first-order valence-electron chi connectivity index (χ1n) is 6.85. The molecule has 2 nitrogen and oxygen atoms in total. The number of rotatable bonds is 6. The maximum Gasteiger partial charge on any atom is 0.0465 e. The van der Waals surface area contributed by atoms with Crippen molar-refractivity contribution >= 4 is 0 Å². The van der Waals surface area contributed by atoms with Gasteiger partial charge in [-0.2, -0.15) is 0 Å². The zero-order chi connectivity index (χ0) is 12.0. The summed E-state index contributed by atoms with van der Waals surface area (Å²) in [4.78, 5) is 0. The Morgan fingerprint density at radius 2 is 2.12 bits per heavy atom. The van der Waals surface area contributed by atoms with Gasteiger partial charge in [-0.25, -0.2) is 0 Å². The van der Waals surface area contributed by atoms with Gasteiger partial charge in [0.1, 0.15) is 0 Å². The van der Waals surface area contributed by atoms with E-state index >= 15 is 0 Å². The monoisotopic (exact) mass is 227 g/mol. The fourth-order valence-electron chi connectivity index (χ4n) is 3.28. The summed E-state index contributed by atoms with van der Waals surface area (Å²) >= 11 is 0. The van der Waals surface area contributed by atoms with Crippen LogP contribution in [0, 0.1) is 17.8 Å². The molecule has 1 saturated carbocycles. The van der Waals surface area contributed by atoms with E-state index in [1.807, 2.05) is 0 Å². The van der Waals surface area contributed by atoms with Crippen molar-refractivity contribution in [2.45, 2.75) is 52.0 Å². The van der Waals surface area contributed by atoms with Crippen LogP contribution in [0.1, 0.15) is 46.0 Å². The highest BCUT2D eigenvalue weighted by atomic mass is 16.5. The van der Waals surface area contributed by atoms with Gasteiger partial charge >= 0.3 is 0 Å². The first-order valence-corrected chi connectivity index (χ1v) is 6.85. The molecule has 1 N–H and O–H groups in total. The third-order valence-corrected chi connectivity index (χ3v) is 4.21. The molecule has 0 aromatic carbocycles. The maximum absolute atomic E-state index is 5.19. The van der Waals surface area contributed by atoms with Crippen LogP contribution in [0.2, 0.25) is 0 Å². The average Bonchev–Trinajstić information content (AvgIpc) is 2.27. The first-order chi connectivity index (χ1) is 7.69. The molecule has 1 fully saturated rings. The molecule has 4 atom stereocenters. The van der Waals surface area contributed by atoms with Gasteiger partial charge in [-0.3, -0.25) is 0 Å². The summed E-state index contributed by atoms with van der Waals surface area (Å²) in [5.74, 6) is 2.52. The van der Waals surface area contributed by atoms with Crippen LogP contribution in [-0.2, 0) is 4.74 Å². The summed E-state index contributed by atoms with van der Waals surface area (Å²) in [5.41, 5.74) is 0. The van der Waals surface area contributed by atoms with Crippen molar-refractivity contribution in [3.05, 3.63) is 0 Å². The molecule has 4 unspecified atom stereocenters. The summed E-state index contributed by atoms with van der Waals surface area (Å²) < 4.78 is 5.19. The predicted molar refractivity (Wildman–Crippen MR) is 69.6 cm³/mol. The van der Waals surface area contributed by atoms with Crippen molar-refractivity contribution in [2.75, 3.05) is 20.8 Å². The van der Waals surface area contributed by atoms with E-state index in [-0.39, 0.29) is 0 Å².